The van der Waals surface area contributed by atoms with E-state index in [0.717, 1.165) is 29.3 Å². The smallest absolute Gasteiger partial charge is 0.146 e. The highest BCUT2D eigenvalue weighted by Crippen LogP contribution is 2.61. The van der Waals surface area contributed by atoms with Crippen LogP contribution in [0.5, 0.6) is 0 Å². The minimum absolute atomic E-state index is 0.258. The topological polar surface area (TPSA) is 69.9 Å². The summed E-state index contributed by atoms with van der Waals surface area (Å²) >= 11 is 0. The molecule has 1 aromatic rings. The van der Waals surface area contributed by atoms with E-state index in [1.165, 1.54) is 38.5 Å². The number of imidazole rings is 1. The summed E-state index contributed by atoms with van der Waals surface area (Å²) in [5.74, 6) is 10.2. The zero-order valence-electron chi connectivity index (χ0n) is 11.0. The quantitative estimate of drug-likeness (QED) is 0.744. The van der Waals surface area contributed by atoms with Crippen LogP contribution < -0.4 is 11.6 Å². The third-order valence-corrected chi connectivity index (χ3v) is 5.66. The van der Waals surface area contributed by atoms with Gasteiger partial charge >= 0.3 is 0 Å². The van der Waals surface area contributed by atoms with Crippen molar-refractivity contribution < 1.29 is 0 Å². The van der Waals surface area contributed by atoms with Gasteiger partial charge < -0.3 is 11.6 Å². The Morgan fingerprint density at radius 2 is 1.61 bits per heavy atom. The van der Waals surface area contributed by atoms with E-state index < -0.39 is 0 Å². The minimum atomic E-state index is 0.258. The molecule has 4 bridgehead atoms. The lowest BCUT2D eigenvalue weighted by Crippen LogP contribution is -2.49. The van der Waals surface area contributed by atoms with E-state index in [1.54, 1.807) is 4.68 Å². The molecule has 4 fully saturated rings. The van der Waals surface area contributed by atoms with Crippen LogP contribution in [0.25, 0.3) is 0 Å². The Kier molecular flexibility index (Phi) is 1.92. The highest BCUT2D eigenvalue weighted by atomic mass is 15.4. The number of anilines is 1. The molecule has 4 saturated carbocycles. The van der Waals surface area contributed by atoms with Crippen molar-refractivity contribution in [2.45, 2.75) is 50.9 Å². The summed E-state index contributed by atoms with van der Waals surface area (Å²) in [6, 6.07) is 0. The van der Waals surface area contributed by atoms with Gasteiger partial charge in [0.25, 0.3) is 0 Å². The van der Waals surface area contributed by atoms with Crippen molar-refractivity contribution in [3.63, 3.8) is 0 Å². The van der Waals surface area contributed by atoms with Gasteiger partial charge in [-0.15, -0.1) is 0 Å². The Morgan fingerprint density at radius 1 is 1.11 bits per heavy atom. The van der Waals surface area contributed by atoms with Crippen LogP contribution in [-0.2, 0) is 5.41 Å². The van der Waals surface area contributed by atoms with Gasteiger partial charge in [0, 0.05) is 5.41 Å². The maximum Gasteiger partial charge on any atom is 0.146 e. The summed E-state index contributed by atoms with van der Waals surface area (Å²) in [7, 11) is 0. The van der Waals surface area contributed by atoms with E-state index in [0.29, 0.717) is 5.82 Å². The van der Waals surface area contributed by atoms with Crippen LogP contribution in [0.1, 0.15) is 50.0 Å². The Morgan fingerprint density at radius 3 is 2.00 bits per heavy atom. The van der Waals surface area contributed by atoms with Crippen LogP contribution in [0.2, 0.25) is 0 Å². The number of hydrogen-bond acceptors (Lipinski definition) is 3. The minimum Gasteiger partial charge on any atom is -0.382 e. The van der Waals surface area contributed by atoms with Crippen LogP contribution in [0.4, 0.5) is 5.82 Å². The zero-order chi connectivity index (χ0) is 12.5. The third-order valence-electron chi connectivity index (χ3n) is 5.66. The molecule has 0 unspecified atom stereocenters. The first-order valence-corrected chi connectivity index (χ1v) is 7.18. The lowest BCUT2D eigenvalue weighted by atomic mass is 9.49. The first-order valence-electron chi connectivity index (χ1n) is 7.18. The second-order valence-corrected chi connectivity index (χ2v) is 6.96. The fourth-order valence-corrected chi connectivity index (χ4v) is 5.35. The molecule has 18 heavy (non-hydrogen) atoms. The number of aromatic nitrogens is 2. The summed E-state index contributed by atoms with van der Waals surface area (Å²) in [6.07, 6.45) is 8.21. The Bertz CT molecular complexity index is 467. The summed E-state index contributed by atoms with van der Waals surface area (Å²) in [4.78, 5) is 4.71. The van der Waals surface area contributed by atoms with Crippen LogP contribution in [0.3, 0.4) is 0 Å². The number of nitrogens with two attached hydrogens (primary N) is 2. The molecule has 4 nitrogen and oxygen atoms in total. The first kappa shape index (κ1) is 10.7. The highest BCUT2D eigenvalue weighted by Gasteiger charge is 2.53. The third kappa shape index (κ3) is 1.24. The molecule has 0 aromatic carbocycles. The molecule has 0 saturated heterocycles. The van der Waals surface area contributed by atoms with E-state index in [-0.39, 0.29) is 5.41 Å². The molecule has 98 valence electrons. The van der Waals surface area contributed by atoms with Gasteiger partial charge in [-0.25, -0.2) is 9.66 Å². The average molecular weight is 246 g/mol. The van der Waals surface area contributed by atoms with E-state index in [2.05, 4.69) is 0 Å². The lowest BCUT2D eigenvalue weighted by molar-refractivity contribution is -0.00669. The molecule has 1 aromatic heterocycles. The normalized spacial score (nSPS) is 41.5. The average Bonchev–Trinajstić information content (AvgIpc) is 2.56. The molecular formula is C14H22N4. The van der Waals surface area contributed by atoms with Crippen molar-refractivity contribution in [3.8, 4) is 0 Å². The maximum atomic E-state index is 6.20. The molecular weight excluding hydrogens is 224 g/mol. The van der Waals surface area contributed by atoms with Crippen molar-refractivity contribution in [1.29, 1.82) is 0 Å². The van der Waals surface area contributed by atoms with Crippen LogP contribution >= 0.6 is 0 Å². The molecule has 0 amide bonds. The van der Waals surface area contributed by atoms with Gasteiger partial charge in [-0.1, -0.05) is 0 Å². The number of aryl methyl sites for hydroxylation is 1. The summed E-state index contributed by atoms with van der Waals surface area (Å²) < 4.78 is 1.56. The molecule has 1 heterocycles. The largest absolute Gasteiger partial charge is 0.382 e. The van der Waals surface area contributed by atoms with Crippen LogP contribution in [-0.4, -0.2) is 9.66 Å². The predicted molar refractivity (Wildman–Crippen MR) is 71.4 cm³/mol. The van der Waals surface area contributed by atoms with Crippen molar-refractivity contribution in [3.05, 3.63) is 11.5 Å². The summed E-state index contributed by atoms with van der Waals surface area (Å²) in [6.45, 7) is 1.94. The van der Waals surface area contributed by atoms with Crippen LogP contribution in [0.15, 0.2) is 0 Å². The van der Waals surface area contributed by atoms with Crippen molar-refractivity contribution in [1.82, 2.24) is 9.66 Å². The number of nitrogens with zero attached hydrogens (tertiary/aromatic N) is 2. The molecule has 0 radical (unpaired) electrons. The molecule has 0 atom stereocenters. The van der Waals surface area contributed by atoms with Gasteiger partial charge in [0.05, 0.1) is 5.69 Å². The van der Waals surface area contributed by atoms with Gasteiger partial charge in [-0.3, -0.25) is 0 Å². The monoisotopic (exact) mass is 246 g/mol. The van der Waals surface area contributed by atoms with E-state index in [4.69, 9.17) is 16.6 Å². The second kappa shape index (κ2) is 3.22. The van der Waals surface area contributed by atoms with Gasteiger partial charge in [0.2, 0.25) is 0 Å². The van der Waals surface area contributed by atoms with Crippen molar-refractivity contribution in [2.24, 2.45) is 17.8 Å². The summed E-state index contributed by atoms with van der Waals surface area (Å²) in [5, 5.41) is 0. The standard InChI is InChI=1S/C14H22N4/c1-8-17-12(13(15)18(8)16)14-5-9-2-10(6-14)4-11(3-9)7-14/h9-11H,2-7,15-16H2,1H3. The highest BCUT2D eigenvalue weighted by molar-refractivity contribution is 5.44. The molecule has 4 heteroatoms. The molecule has 0 aliphatic heterocycles. The molecule has 0 spiro atoms. The number of rotatable bonds is 1. The van der Waals surface area contributed by atoms with Crippen molar-refractivity contribution in [2.75, 3.05) is 11.6 Å². The molecule has 4 aliphatic carbocycles. The van der Waals surface area contributed by atoms with Gasteiger partial charge in [0.1, 0.15) is 11.6 Å². The zero-order valence-corrected chi connectivity index (χ0v) is 11.0. The van der Waals surface area contributed by atoms with E-state index in [9.17, 15) is 0 Å². The van der Waals surface area contributed by atoms with Gasteiger partial charge in [-0.05, 0) is 63.2 Å². The Labute approximate surface area is 108 Å². The fraction of sp³-hybridized carbons (Fsp3) is 0.786. The fourth-order valence-electron chi connectivity index (χ4n) is 5.35. The predicted octanol–water partition coefficient (Wildman–Crippen LogP) is 1.96. The number of hydrogen-bond donors (Lipinski definition) is 2. The van der Waals surface area contributed by atoms with E-state index >= 15 is 0 Å². The Hall–Kier alpha value is -1.19. The molecule has 4 N–H and O–H groups in total. The second-order valence-electron chi connectivity index (χ2n) is 6.96. The SMILES string of the molecule is Cc1nc(C23CC4CC(CC(C4)C2)C3)c(N)n1N. The maximum absolute atomic E-state index is 6.20. The first-order chi connectivity index (χ1) is 8.57. The number of nitrogen functional groups attached to an aromatic ring is 2. The molecule has 4 aliphatic rings. The van der Waals surface area contributed by atoms with Gasteiger partial charge in [-0.2, -0.15) is 0 Å². The van der Waals surface area contributed by atoms with E-state index in [1.807, 2.05) is 6.92 Å². The van der Waals surface area contributed by atoms with Crippen molar-refractivity contribution >= 4 is 5.82 Å². The molecule has 5 rings (SSSR count). The summed E-state index contributed by atoms with van der Waals surface area (Å²) in [5.41, 5.74) is 7.57. The lowest BCUT2D eigenvalue weighted by Gasteiger charge is -2.56. The Balaban J connectivity index is 1.81. The van der Waals surface area contributed by atoms with Gasteiger partial charge in [0.15, 0.2) is 0 Å². The van der Waals surface area contributed by atoms with Crippen LogP contribution in [0, 0.1) is 24.7 Å².